The maximum absolute atomic E-state index is 15.3. The fraction of sp³-hybridized carbons (Fsp3) is 0.803. The Labute approximate surface area is 543 Å². The van der Waals surface area contributed by atoms with Gasteiger partial charge in [-0.1, -0.05) is 109 Å². The number of morpholine rings is 1. The van der Waals surface area contributed by atoms with Crippen molar-refractivity contribution in [2.45, 2.75) is 229 Å². The van der Waals surface area contributed by atoms with E-state index in [0.29, 0.717) is 6.42 Å². The van der Waals surface area contributed by atoms with Gasteiger partial charge in [0.1, 0.15) is 60.4 Å². The van der Waals surface area contributed by atoms with E-state index >= 15 is 19.2 Å². The summed E-state index contributed by atoms with van der Waals surface area (Å²) in [6.07, 6.45) is 1.95. The summed E-state index contributed by atoms with van der Waals surface area (Å²) in [5.74, 6) is -9.97. The number of aliphatic hydroxyl groups excluding tert-OH is 1. The molecule has 4 N–H and O–H groups in total. The van der Waals surface area contributed by atoms with Crippen LogP contribution in [0.5, 0.6) is 0 Å². The summed E-state index contributed by atoms with van der Waals surface area (Å²) in [6, 6.07) is -12.7. The first-order chi connectivity index (χ1) is 42.2. The monoisotopic (exact) mass is 1290 g/mol. The Kier molecular flexibility index (Phi) is 32.8. The van der Waals surface area contributed by atoms with Crippen molar-refractivity contribution in [3.8, 4) is 0 Å². The molecule has 0 aromatic rings. The van der Waals surface area contributed by atoms with Gasteiger partial charge in [-0.2, -0.15) is 0 Å². The van der Waals surface area contributed by atoms with Gasteiger partial charge in [0.05, 0.1) is 25.8 Å². The van der Waals surface area contributed by atoms with E-state index in [1.807, 2.05) is 55.4 Å². The van der Waals surface area contributed by atoms with Gasteiger partial charge in [0.15, 0.2) is 6.29 Å². The Morgan fingerprint density at radius 1 is 0.538 bits per heavy atom. The number of nitrogens with one attached hydrogen (secondary N) is 3. The number of fused-ring (bicyclic) bond motifs is 1. The number of carbonyl (C=O) groups excluding carboxylic acids is 11. The maximum atomic E-state index is 15.3. The molecule has 91 heavy (non-hydrogen) atoms. The minimum atomic E-state index is -1.63. The standard InChI is InChI=1S/C66H117N11O14/c1-25-28-29-43(16)56(79)55-59(82)68-45(26-2)61(84)70(18)34-51(78)71(19)46(30-37(4)5)58(81)69-53(41(12)13)65(88)72(20)47(31-38(6)7)57(80)67-44(17)60(83)77-35-52(90-27-3)91-36-50(77)64(87)74(22)48(32-39(8)9)62(85)73(21)49(33-40(10)11)63(86)75(23)54(42(14)15)66(89)76(55)24/h25,28,37-50,52-56,79H,26-27,29-36H2,1-24H3,(H,67,80)(H,68,82)(H,69,81)/b28-25+/t43-,44+,45+,46+,47+,48+,49+,50-,52?,53+,54+,55+,56-/m1/s1. The third kappa shape index (κ3) is 22.0. The Morgan fingerprint density at radius 3 is 1.47 bits per heavy atom. The SMILES string of the molecule is C/C=C/C[C@@H](C)[C@@H](O)[C@H]1C(=O)N[C@@H](CC)C(=O)N(C)CC(=O)N(C)[C@@H](CC(C)C)C(=O)N[C@@H](C(C)C)C(=O)N(C)[C@@H](CC(C)C)C(=O)N[C@@H](C)C(=O)N2CC(OCC)OC[C@@H]2C(=O)N(C)[C@@H](CC(C)C)C(=O)N(C)[C@@H](CC(C)C)C(=O)N(C)[C@@H](C(C)C)C(=O)N1C. The number of hydrogen-bond acceptors (Lipinski definition) is 14. The number of amides is 11. The minimum absolute atomic E-state index is 0.0154. The number of aliphatic hydroxyl groups is 1. The molecule has 2 fully saturated rings. The van der Waals surface area contributed by atoms with Crippen LogP contribution in [0.25, 0.3) is 0 Å². The largest absolute Gasteiger partial charge is 0.390 e. The molecular weight excluding hydrogens is 1170 g/mol. The van der Waals surface area contributed by atoms with E-state index in [2.05, 4.69) is 16.0 Å². The zero-order valence-electron chi connectivity index (χ0n) is 59.5. The molecule has 1 unspecified atom stereocenters. The zero-order valence-corrected chi connectivity index (χ0v) is 59.5. The van der Waals surface area contributed by atoms with Crippen LogP contribution in [0, 0.1) is 41.4 Å². The molecule has 2 saturated heterocycles. The molecule has 2 aliphatic rings. The van der Waals surface area contributed by atoms with Crippen molar-refractivity contribution in [1.82, 2.24) is 55.1 Å². The molecule has 0 bridgehead atoms. The van der Waals surface area contributed by atoms with Crippen molar-refractivity contribution < 1.29 is 67.3 Å². The van der Waals surface area contributed by atoms with Gasteiger partial charge < -0.3 is 69.7 Å². The van der Waals surface area contributed by atoms with Crippen LogP contribution in [0.4, 0.5) is 0 Å². The highest BCUT2D eigenvalue weighted by atomic mass is 16.7. The van der Waals surface area contributed by atoms with Crippen LogP contribution < -0.4 is 16.0 Å². The molecule has 13 atom stereocenters. The van der Waals surface area contributed by atoms with E-state index < -0.39 is 162 Å². The van der Waals surface area contributed by atoms with E-state index in [4.69, 9.17) is 9.47 Å². The normalized spacial score (nSPS) is 27.6. The quantitative estimate of drug-likeness (QED) is 0.152. The Morgan fingerprint density at radius 2 is 1.00 bits per heavy atom. The average molecular weight is 1290 g/mol. The number of likely N-dealkylation sites (N-methyl/N-ethyl adjacent to an activating group) is 7. The second kappa shape index (κ2) is 36.9. The number of allylic oxidation sites excluding steroid dienone is 2. The number of ether oxygens (including phenoxy) is 2. The Bertz CT molecular complexity index is 2510. The summed E-state index contributed by atoms with van der Waals surface area (Å²) in [5, 5.41) is 20.6. The summed E-state index contributed by atoms with van der Waals surface area (Å²) in [7, 11) is 9.93. The fourth-order valence-corrected chi connectivity index (χ4v) is 11.8. The number of rotatable bonds is 17. The zero-order chi connectivity index (χ0) is 70.0. The molecule has 0 aromatic carbocycles. The van der Waals surface area contributed by atoms with Gasteiger partial charge in [0, 0.05) is 55.9 Å². The number of nitrogens with zero attached hydrogens (tertiary/aromatic N) is 8. The molecule has 2 rings (SSSR count). The first-order valence-corrected chi connectivity index (χ1v) is 32.8. The first kappa shape index (κ1) is 80.9. The van der Waals surface area contributed by atoms with Crippen LogP contribution in [-0.4, -0.2) is 258 Å². The van der Waals surface area contributed by atoms with Crippen molar-refractivity contribution in [3.63, 3.8) is 0 Å². The molecule has 11 amide bonds. The van der Waals surface area contributed by atoms with E-state index in [0.717, 1.165) is 9.80 Å². The van der Waals surface area contributed by atoms with Crippen LogP contribution in [0.15, 0.2) is 12.2 Å². The molecule has 0 saturated carbocycles. The average Bonchev–Trinajstić information content (AvgIpc) is 0.824. The predicted molar refractivity (Wildman–Crippen MR) is 348 cm³/mol. The van der Waals surface area contributed by atoms with Crippen LogP contribution >= 0.6 is 0 Å². The second-order valence-corrected chi connectivity index (χ2v) is 27.6. The van der Waals surface area contributed by atoms with Crippen LogP contribution in [0.1, 0.15) is 156 Å². The molecule has 0 aromatic heterocycles. The summed E-state index contributed by atoms with van der Waals surface area (Å²) in [5.41, 5.74) is 0. The third-order valence-electron chi connectivity index (χ3n) is 17.4. The van der Waals surface area contributed by atoms with Crippen molar-refractivity contribution in [2.24, 2.45) is 41.4 Å². The maximum Gasteiger partial charge on any atom is 0.248 e. The van der Waals surface area contributed by atoms with E-state index in [9.17, 15) is 38.7 Å². The lowest BCUT2D eigenvalue weighted by molar-refractivity contribution is -0.202. The minimum Gasteiger partial charge on any atom is -0.390 e. The number of carbonyl (C=O) groups is 11. The number of hydrogen-bond donors (Lipinski definition) is 4. The van der Waals surface area contributed by atoms with Crippen LogP contribution in [-0.2, 0) is 62.2 Å². The lowest BCUT2D eigenvalue weighted by Crippen LogP contribution is -2.65. The Hall–Kier alpha value is -6.21. The highest BCUT2D eigenvalue weighted by Crippen LogP contribution is 2.27. The summed E-state index contributed by atoms with van der Waals surface area (Å²) >= 11 is 0. The van der Waals surface area contributed by atoms with E-state index in [1.54, 1.807) is 67.5 Å². The highest BCUT2D eigenvalue weighted by Gasteiger charge is 2.47. The molecule has 2 aliphatic heterocycles. The molecular formula is C66H117N11O14. The lowest BCUT2D eigenvalue weighted by atomic mass is 9.91. The molecule has 2 heterocycles. The molecule has 520 valence electrons. The summed E-state index contributed by atoms with van der Waals surface area (Å²) in [6.45, 7) is 29.3. The van der Waals surface area contributed by atoms with Gasteiger partial charge in [0.2, 0.25) is 65.0 Å². The topological polar surface area (TPSA) is 288 Å². The van der Waals surface area contributed by atoms with E-state index in [1.165, 1.54) is 85.7 Å². The van der Waals surface area contributed by atoms with Gasteiger partial charge >= 0.3 is 0 Å². The summed E-state index contributed by atoms with van der Waals surface area (Å²) < 4.78 is 11.8. The Balaban J connectivity index is 3.08. The first-order valence-electron chi connectivity index (χ1n) is 32.8. The lowest BCUT2D eigenvalue weighted by Gasteiger charge is -2.43. The van der Waals surface area contributed by atoms with Crippen LogP contribution in [0.3, 0.4) is 0 Å². The molecule has 0 spiro atoms. The van der Waals surface area contributed by atoms with Gasteiger partial charge in [0.25, 0.3) is 0 Å². The van der Waals surface area contributed by atoms with Gasteiger partial charge in [-0.05, 0) is 101 Å². The smallest absolute Gasteiger partial charge is 0.248 e. The van der Waals surface area contributed by atoms with Crippen molar-refractivity contribution >= 4 is 65.0 Å². The van der Waals surface area contributed by atoms with Crippen molar-refractivity contribution in [3.05, 3.63) is 12.2 Å². The second-order valence-electron chi connectivity index (χ2n) is 27.6. The molecule has 0 radical (unpaired) electrons. The van der Waals surface area contributed by atoms with Crippen molar-refractivity contribution in [1.29, 1.82) is 0 Å². The van der Waals surface area contributed by atoms with Gasteiger partial charge in [-0.3, -0.25) is 52.7 Å². The van der Waals surface area contributed by atoms with Crippen molar-refractivity contribution in [2.75, 3.05) is 75.6 Å². The molecule has 25 heteroatoms. The summed E-state index contributed by atoms with van der Waals surface area (Å²) in [4.78, 5) is 173. The van der Waals surface area contributed by atoms with E-state index in [-0.39, 0.29) is 75.5 Å². The molecule has 25 nitrogen and oxygen atoms in total. The highest BCUT2D eigenvalue weighted by molar-refractivity contribution is 6.00. The van der Waals surface area contributed by atoms with Gasteiger partial charge in [-0.25, -0.2) is 0 Å². The van der Waals surface area contributed by atoms with Gasteiger partial charge in [-0.15, -0.1) is 0 Å². The predicted octanol–water partition coefficient (Wildman–Crippen LogP) is 3.35. The fourth-order valence-electron chi connectivity index (χ4n) is 11.8. The molecule has 0 aliphatic carbocycles. The van der Waals surface area contributed by atoms with Crippen LogP contribution in [0.2, 0.25) is 0 Å². The third-order valence-corrected chi connectivity index (χ3v) is 17.4.